The second-order valence-electron chi connectivity index (χ2n) is 4.88. The van der Waals surface area contributed by atoms with Crippen LogP contribution in [0, 0.1) is 0 Å². The van der Waals surface area contributed by atoms with Crippen LogP contribution in [-0.2, 0) is 14.8 Å². The van der Waals surface area contributed by atoms with E-state index >= 15 is 0 Å². The molecule has 1 aliphatic heterocycles. The normalized spacial score (nSPS) is 16.6. The van der Waals surface area contributed by atoms with E-state index in [1.54, 1.807) is 7.05 Å². The predicted octanol–water partition coefficient (Wildman–Crippen LogP) is -0.743. The highest BCUT2D eigenvalue weighted by atomic mass is 32.2. The average molecular weight is 327 g/mol. The van der Waals surface area contributed by atoms with Gasteiger partial charge in [0.05, 0.1) is 24.1 Å². The van der Waals surface area contributed by atoms with Gasteiger partial charge in [-0.3, -0.25) is 9.59 Å². The zero-order valence-electron chi connectivity index (χ0n) is 12.3. The lowest BCUT2D eigenvalue weighted by atomic mass is 10.2. The zero-order valence-corrected chi connectivity index (χ0v) is 13.1. The number of nitrogens with zero attached hydrogens (tertiary/aromatic N) is 2. The Morgan fingerprint density at radius 2 is 2.00 bits per heavy atom. The zero-order chi connectivity index (χ0) is 16.5. The minimum Gasteiger partial charge on any atom is -0.496 e. The van der Waals surface area contributed by atoms with Gasteiger partial charge in [0, 0.05) is 20.1 Å². The maximum atomic E-state index is 12.6. The number of hydrogen-bond acceptors (Lipinski definition) is 5. The van der Waals surface area contributed by atoms with Gasteiger partial charge in [-0.15, -0.1) is 0 Å². The van der Waals surface area contributed by atoms with Crippen LogP contribution in [0.15, 0.2) is 23.1 Å². The number of nitrogens with two attached hydrogens (primary N) is 1. The minimum atomic E-state index is -3.88. The summed E-state index contributed by atoms with van der Waals surface area (Å²) in [5, 5.41) is 0. The van der Waals surface area contributed by atoms with Gasteiger partial charge in [-0.1, -0.05) is 0 Å². The van der Waals surface area contributed by atoms with E-state index in [1.807, 2.05) is 0 Å². The van der Waals surface area contributed by atoms with Crippen LogP contribution in [0.4, 0.5) is 0 Å². The molecule has 22 heavy (non-hydrogen) atoms. The van der Waals surface area contributed by atoms with Gasteiger partial charge >= 0.3 is 0 Å². The van der Waals surface area contributed by atoms with Crippen molar-refractivity contribution in [2.75, 3.05) is 33.8 Å². The van der Waals surface area contributed by atoms with E-state index < -0.39 is 15.9 Å². The predicted molar refractivity (Wildman–Crippen MR) is 77.9 cm³/mol. The van der Waals surface area contributed by atoms with Gasteiger partial charge in [0.25, 0.3) is 5.91 Å². The maximum Gasteiger partial charge on any atom is 0.252 e. The van der Waals surface area contributed by atoms with E-state index in [0.717, 1.165) is 4.31 Å². The first-order chi connectivity index (χ1) is 10.3. The summed E-state index contributed by atoms with van der Waals surface area (Å²) >= 11 is 0. The number of methoxy groups -OCH3 is 1. The Morgan fingerprint density at radius 3 is 2.55 bits per heavy atom. The van der Waals surface area contributed by atoms with Gasteiger partial charge in [0.1, 0.15) is 5.75 Å². The molecular formula is C13H17N3O5S. The molecule has 1 fully saturated rings. The van der Waals surface area contributed by atoms with E-state index in [9.17, 15) is 18.0 Å². The lowest BCUT2D eigenvalue weighted by Crippen LogP contribution is -2.50. The van der Waals surface area contributed by atoms with Gasteiger partial charge in [-0.25, -0.2) is 8.42 Å². The van der Waals surface area contributed by atoms with Crippen molar-refractivity contribution < 1.29 is 22.7 Å². The molecule has 9 heteroatoms. The molecule has 1 saturated heterocycles. The summed E-state index contributed by atoms with van der Waals surface area (Å²) in [4.78, 5) is 24.5. The van der Waals surface area contributed by atoms with Gasteiger partial charge in [-0.2, -0.15) is 4.31 Å². The summed E-state index contributed by atoms with van der Waals surface area (Å²) in [5.41, 5.74) is 5.21. The molecule has 1 aliphatic rings. The molecule has 2 rings (SSSR count). The molecule has 2 N–H and O–H groups in total. The lowest BCUT2D eigenvalue weighted by molar-refractivity contribution is -0.132. The smallest absolute Gasteiger partial charge is 0.252 e. The number of benzene rings is 1. The largest absolute Gasteiger partial charge is 0.496 e. The topological polar surface area (TPSA) is 110 Å². The Morgan fingerprint density at radius 1 is 1.32 bits per heavy atom. The fourth-order valence-corrected chi connectivity index (χ4v) is 3.54. The molecule has 0 spiro atoms. The molecule has 0 aliphatic carbocycles. The number of likely N-dealkylation sites (N-methyl/N-ethyl adjacent to an activating group) is 1. The van der Waals surface area contributed by atoms with E-state index in [0.29, 0.717) is 6.54 Å². The van der Waals surface area contributed by atoms with Gasteiger partial charge < -0.3 is 15.4 Å². The van der Waals surface area contributed by atoms with Gasteiger partial charge in [0.2, 0.25) is 15.9 Å². The van der Waals surface area contributed by atoms with Crippen LogP contribution >= 0.6 is 0 Å². The van der Waals surface area contributed by atoms with Crippen molar-refractivity contribution in [1.82, 2.24) is 9.21 Å². The summed E-state index contributed by atoms with van der Waals surface area (Å²) in [6.07, 6.45) is 0. The molecule has 120 valence electrons. The highest BCUT2D eigenvalue weighted by Gasteiger charge is 2.32. The Kier molecular flexibility index (Phi) is 4.38. The molecule has 1 aromatic carbocycles. The fourth-order valence-electron chi connectivity index (χ4n) is 2.13. The molecule has 0 atom stereocenters. The number of sulfonamides is 1. The van der Waals surface area contributed by atoms with Crippen molar-refractivity contribution in [3.63, 3.8) is 0 Å². The number of piperazine rings is 1. The molecule has 1 heterocycles. The maximum absolute atomic E-state index is 12.6. The second-order valence-corrected chi connectivity index (χ2v) is 6.82. The summed E-state index contributed by atoms with van der Waals surface area (Å²) in [6, 6.07) is 3.85. The Labute approximate surface area is 128 Å². The first-order valence-corrected chi connectivity index (χ1v) is 7.93. The van der Waals surface area contributed by atoms with E-state index in [1.165, 1.54) is 30.2 Å². The Balaban J connectivity index is 2.40. The van der Waals surface area contributed by atoms with Crippen LogP contribution in [0.25, 0.3) is 0 Å². The van der Waals surface area contributed by atoms with Crippen LogP contribution in [-0.4, -0.2) is 63.2 Å². The van der Waals surface area contributed by atoms with Crippen molar-refractivity contribution in [3.05, 3.63) is 23.8 Å². The third-order valence-electron chi connectivity index (χ3n) is 3.50. The molecule has 0 saturated carbocycles. The lowest BCUT2D eigenvalue weighted by Gasteiger charge is -2.31. The summed E-state index contributed by atoms with van der Waals surface area (Å²) in [7, 11) is -0.905. The van der Waals surface area contributed by atoms with E-state index in [-0.39, 0.29) is 35.2 Å². The third-order valence-corrected chi connectivity index (χ3v) is 5.34. The van der Waals surface area contributed by atoms with Crippen molar-refractivity contribution >= 4 is 21.8 Å². The Bertz CT molecular complexity index is 716. The quantitative estimate of drug-likeness (QED) is 0.783. The Hall–Kier alpha value is -2.13. The van der Waals surface area contributed by atoms with Crippen LogP contribution in [0.2, 0.25) is 0 Å². The minimum absolute atomic E-state index is 0.0240. The number of carbonyl (C=O) groups excluding carboxylic acids is 2. The van der Waals surface area contributed by atoms with Gasteiger partial charge in [-0.05, 0) is 18.2 Å². The van der Waals surface area contributed by atoms with E-state index in [2.05, 4.69) is 0 Å². The van der Waals surface area contributed by atoms with Crippen LogP contribution in [0.1, 0.15) is 10.4 Å². The first-order valence-electron chi connectivity index (χ1n) is 6.49. The summed E-state index contributed by atoms with van der Waals surface area (Å²) < 4.78 is 31.2. The number of hydrogen-bond donors (Lipinski definition) is 1. The third kappa shape index (κ3) is 2.90. The SMILES string of the molecule is COc1ccc(S(=O)(=O)N2CCN(C)C(=O)C2)cc1C(N)=O. The summed E-state index contributed by atoms with van der Waals surface area (Å²) in [6.45, 7) is 0.288. The van der Waals surface area contributed by atoms with Crippen molar-refractivity contribution in [2.45, 2.75) is 4.90 Å². The standard InChI is InChI=1S/C13H17N3O5S/c1-15-5-6-16(8-12(15)17)22(19,20)9-3-4-11(21-2)10(7-9)13(14)18/h3-4,7H,5-6,8H2,1-2H3,(H2,14,18). The highest BCUT2D eigenvalue weighted by Crippen LogP contribution is 2.24. The van der Waals surface area contributed by atoms with Crippen molar-refractivity contribution in [1.29, 1.82) is 0 Å². The molecule has 2 amide bonds. The molecule has 1 aromatic rings. The molecule has 8 nitrogen and oxygen atoms in total. The number of ether oxygens (including phenoxy) is 1. The van der Waals surface area contributed by atoms with Crippen LogP contribution in [0.3, 0.4) is 0 Å². The number of amides is 2. The van der Waals surface area contributed by atoms with Crippen LogP contribution in [0.5, 0.6) is 5.75 Å². The average Bonchev–Trinajstić information content (AvgIpc) is 2.49. The van der Waals surface area contributed by atoms with Crippen molar-refractivity contribution in [2.24, 2.45) is 5.73 Å². The van der Waals surface area contributed by atoms with Gasteiger partial charge in [0.15, 0.2) is 0 Å². The molecule has 0 aromatic heterocycles. The summed E-state index contributed by atoms with van der Waals surface area (Å²) in [5.74, 6) is -0.872. The first kappa shape index (κ1) is 16.2. The molecule has 0 bridgehead atoms. The molecule has 0 radical (unpaired) electrons. The van der Waals surface area contributed by atoms with E-state index in [4.69, 9.17) is 10.5 Å². The number of rotatable bonds is 4. The van der Waals surface area contributed by atoms with Crippen molar-refractivity contribution in [3.8, 4) is 5.75 Å². The number of primary amides is 1. The second kappa shape index (κ2) is 5.93. The number of carbonyl (C=O) groups is 2. The van der Waals surface area contributed by atoms with Crippen LogP contribution < -0.4 is 10.5 Å². The molecule has 0 unspecified atom stereocenters. The molecular weight excluding hydrogens is 310 g/mol. The highest BCUT2D eigenvalue weighted by molar-refractivity contribution is 7.89. The monoisotopic (exact) mass is 327 g/mol. The fraction of sp³-hybridized carbons (Fsp3) is 0.385.